The van der Waals surface area contributed by atoms with Crippen LogP contribution in [0.3, 0.4) is 0 Å². The molecule has 0 fully saturated rings. The van der Waals surface area contributed by atoms with Crippen molar-refractivity contribution in [3.8, 4) is 0 Å². The van der Waals surface area contributed by atoms with Gasteiger partial charge in [-0.2, -0.15) is 4.99 Å². The zero-order chi connectivity index (χ0) is 8.97. The first-order valence-electron chi connectivity index (χ1n) is 3.88. The van der Waals surface area contributed by atoms with Gasteiger partial charge in [0.15, 0.2) is 0 Å². The molecule has 0 aromatic heterocycles. The van der Waals surface area contributed by atoms with Crippen LogP contribution in [-0.2, 0) is 4.79 Å². The average Bonchev–Trinajstić information content (AvgIpc) is 2.05. The molecule has 0 spiro atoms. The molecule has 1 aromatic carbocycles. The third-order valence-corrected chi connectivity index (χ3v) is 1.88. The van der Waals surface area contributed by atoms with Crippen LogP contribution < -0.4 is 0 Å². The van der Waals surface area contributed by atoms with E-state index in [1.807, 2.05) is 38.1 Å². The lowest BCUT2D eigenvalue weighted by Crippen LogP contribution is -1.91. The molecule has 1 atom stereocenters. The van der Waals surface area contributed by atoms with Crippen molar-refractivity contribution in [3.05, 3.63) is 35.4 Å². The molecule has 1 unspecified atom stereocenters. The molecule has 0 radical (unpaired) electrons. The van der Waals surface area contributed by atoms with E-state index < -0.39 is 0 Å². The lowest BCUT2D eigenvalue weighted by atomic mass is 10.0. The minimum Gasteiger partial charge on any atom is -0.211 e. The van der Waals surface area contributed by atoms with Gasteiger partial charge in [0, 0.05) is 0 Å². The van der Waals surface area contributed by atoms with Gasteiger partial charge in [-0.15, -0.1) is 0 Å². The Labute approximate surface area is 71.9 Å². The summed E-state index contributed by atoms with van der Waals surface area (Å²) in [6, 6.07) is 7.81. The fraction of sp³-hybridized carbons (Fsp3) is 0.300. The van der Waals surface area contributed by atoms with E-state index in [9.17, 15) is 4.79 Å². The van der Waals surface area contributed by atoms with Gasteiger partial charge in [-0.3, -0.25) is 0 Å². The minimum atomic E-state index is -0.0799. The van der Waals surface area contributed by atoms with Crippen LogP contribution >= 0.6 is 0 Å². The van der Waals surface area contributed by atoms with Gasteiger partial charge in [0.25, 0.3) is 0 Å². The molecule has 0 N–H and O–H groups in total. The fourth-order valence-corrected chi connectivity index (χ4v) is 1.20. The number of hydrogen-bond acceptors (Lipinski definition) is 2. The summed E-state index contributed by atoms with van der Waals surface area (Å²) in [6.45, 7) is 3.89. The second-order valence-electron chi connectivity index (χ2n) is 2.75. The third-order valence-electron chi connectivity index (χ3n) is 1.88. The Morgan fingerprint density at radius 2 is 2.08 bits per heavy atom. The van der Waals surface area contributed by atoms with Gasteiger partial charge in [0.1, 0.15) is 0 Å². The van der Waals surface area contributed by atoms with Crippen molar-refractivity contribution >= 4 is 6.08 Å². The van der Waals surface area contributed by atoms with Crippen LogP contribution in [0.25, 0.3) is 0 Å². The van der Waals surface area contributed by atoms with E-state index in [0.717, 1.165) is 11.1 Å². The molecule has 12 heavy (non-hydrogen) atoms. The first-order valence-corrected chi connectivity index (χ1v) is 3.88. The number of hydrogen-bond donors (Lipinski definition) is 0. The summed E-state index contributed by atoms with van der Waals surface area (Å²) in [5.41, 5.74) is 2.24. The molecule has 0 aliphatic carbocycles. The van der Waals surface area contributed by atoms with Crippen molar-refractivity contribution in [3.63, 3.8) is 0 Å². The second kappa shape index (κ2) is 3.84. The molecule has 1 aromatic rings. The van der Waals surface area contributed by atoms with E-state index in [4.69, 9.17) is 0 Å². The van der Waals surface area contributed by atoms with Gasteiger partial charge in [-0.25, -0.2) is 4.79 Å². The lowest BCUT2D eigenvalue weighted by molar-refractivity contribution is 0.559. The highest BCUT2D eigenvalue weighted by Crippen LogP contribution is 2.19. The number of nitrogens with zero attached hydrogens (tertiary/aromatic N) is 1. The van der Waals surface area contributed by atoms with E-state index in [2.05, 4.69) is 4.99 Å². The molecule has 62 valence electrons. The van der Waals surface area contributed by atoms with E-state index in [1.165, 1.54) is 0 Å². The van der Waals surface area contributed by atoms with Crippen LogP contribution in [0.2, 0.25) is 0 Å². The van der Waals surface area contributed by atoms with Crippen LogP contribution in [0.15, 0.2) is 29.3 Å². The van der Waals surface area contributed by atoms with E-state index in [1.54, 1.807) is 6.08 Å². The summed E-state index contributed by atoms with van der Waals surface area (Å²) < 4.78 is 0. The molecule has 0 aliphatic heterocycles. The zero-order valence-electron chi connectivity index (χ0n) is 7.24. The molecule has 2 heteroatoms. The molecule has 0 bridgehead atoms. The molecule has 0 aliphatic rings. The molecular formula is C10H11NO. The van der Waals surface area contributed by atoms with Crippen LogP contribution in [0.4, 0.5) is 0 Å². The largest absolute Gasteiger partial charge is 0.235 e. The van der Waals surface area contributed by atoms with Crippen molar-refractivity contribution in [2.24, 2.45) is 4.99 Å². The first-order chi connectivity index (χ1) is 5.75. The summed E-state index contributed by atoms with van der Waals surface area (Å²) in [7, 11) is 0. The quantitative estimate of drug-likeness (QED) is 0.483. The first kappa shape index (κ1) is 8.69. The van der Waals surface area contributed by atoms with Gasteiger partial charge >= 0.3 is 0 Å². The highest BCUT2D eigenvalue weighted by atomic mass is 16.1. The van der Waals surface area contributed by atoms with E-state index >= 15 is 0 Å². The second-order valence-corrected chi connectivity index (χ2v) is 2.75. The Bertz CT molecular complexity index is 313. The summed E-state index contributed by atoms with van der Waals surface area (Å²) in [4.78, 5) is 13.7. The topological polar surface area (TPSA) is 29.4 Å². The summed E-state index contributed by atoms with van der Waals surface area (Å²) >= 11 is 0. The highest BCUT2D eigenvalue weighted by Gasteiger charge is 2.04. The van der Waals surface area contributed by atoms with E-state index in [0.29, 0.717) is 0 Å². The van der Waals surface area contributed by atoms with Crippen molar-refractivity contribution in [1.29, 1.82) is 0 Å². The van der Waals surface area contributed by atoms with Gasteiger partial charge in [0.05, 0.1) is 6.04 Å². The maximum Gasteiger partial charge on any atom is 0.235 e. The van der Waals surface area contributed by atoms with E-state index in [-0.39, 0.29) is 6.04 Å². The number of aryl methyl sites for hydroxylation is 1. The molecule has 2 nitrogen and oxygen atoms in total. The lowest BCUT2D eigenvalue weighted by Gasteiger charge is -2.06. The maximum atomic E-state index is 10.0. The van der Waals surface area contributed by atoms with Crippen LogP contribution in [0, 0.1) is 6.92 Å². The smallest absolute Gasteiger partial charge is 0.211 e. The molecule has 0 heterocycles. The Morgan fingerprint density at radius 1 is 1.42 bits per heavy atom. The normalized spacial score (nSPS) is 11.8. The number of benzene rings is 1. The van der Waals surface area contributed by atoms with Crippen LogP contribution in [-0.4, -0.2) is 6.08 Å². The molecule has 1 rings (SSSR count). The highest BCUT2D eigenvalue weighted by molar-refractivity contribution is 5.37. The number of carbonyl (C=O) groups excluding carboxylic acids is 1. The predicted molar refractivity (Wildman–Crippen MR) is 47.7 cm³/mol. The monoisotopic (exact) mass is 161 g/mol. The van der Waals surface area contributed by atoms with Gasteiger partial charge in [-0.1, -0.05) is 24.3 Å². The molecule has 0 amide bonds. The fourth-order valence-electron chi connectivity index (χ4n) is 1.20. The number of isocyanates is 1. The Morgan fingerprint density at radius 3 is 2.67 bits per heavy atom. The van der Waals surface area contributed by atoms with Crippen molar-refractivity contribution < 1.29 is 4.79 Å². The average molecular weight is 161 g/mol. The van der Waals surface area contributed by atoms with Crippen LogP contribution in [0.5, 0.6) is 0 Å². The van der Waals surface area contributed by atoms with Crippen molar-refractivity contribution in [2.75, 3.05) is 0 Å². The van der Waals surface area contributed by atoms with Gasteiger partial charge in [-0.05, 0) is 25.0 Å². The number of rotatable bonds is 2. The predicted octanol–water partition coefficient (Wildman–Crippen LogP) is 2.39. The third kappa shape index (κ3) is 1.80. The summed E-state index contributed by atoms with van der Waals surface area (Å²) in [5, 5.41) is 0. The molecule has 0 saturated heterocycles. The Kier molecular flexibility index (Phi) is 2.78. The zero-order valence-corrected chi connectivity index (χ0v) is 7.24. The van der Waals surface area contributed by atoms with Crippen molar-refractivity contribution in [2.45, 2.75) is 19.9 Å². The Balaban J connectivity index is 3.02. The molecular weight excluding hydrogens is 150 g/mol. The van der Waals surface area contributed by atoms with Gasteiger partial charge in [0.2, 0.25) is 6.08 Å². The Hall–Kier alpha value is -1.40. The maximum absolute atomic E-state index is 10.0. The molecule has 0 saturated carbocycles. The summed E-state index contributed by atoms with van der Waals surface area (Å²) in [6.07, 6.45) is 1.57. The van der Waals surface area contributed by atoms with Crippen LogP contribution in [0.1, 0.15) is 24.1 Å². The van der Waals surface area contributed by atoms with Crippen molar-refractivity contribution in [1.82, 2.24) is 0 Å². The minimum absolute atomic E-state index is 0.0799. The standard InChI is InChI=1S/C10H11NO/c1-8-5-3-4-6-10(8)9(2)11-7-12/h3-6,9H,1-2H3. The number of aliphatic imine (C=N–C) groups is 1. The van der Waals surface area contributed by atoms with Gasteiger partial charge < -0.3 is 0 Å². The summed E-state index contributed by atoms with van der Waals surface area (Å²) in [5.74, 6) is 0. The SMILES string of the molecule is Cc1ccccc1C(C)N=C=O.